The van der Waals surface area contributed by atoms with E-state index in [9.17, 15) is 9.90 Å². The second-order valence-corrected chi connectivity index (χ2v) is 5.61. The fourth-order valence-corrected chi connectivity index (χ4v) is 2.63. The summed E-state index contributed by atoms with van der Waals surface area (Å²) in [6.45, 7) is 0. The van der Waals surface area contributed by atoms with Crippen LogP contribution in [0, 0.1) is 0 Å². The molecule has 0 spiro atoms. The molecule has 2 atom stereocenters. The van der Waals surface area contributed by atoms with Crippen LogP contribution in [0.1, 0.15) is 36.0 Å². The number of hydrogen-bond donors (Lipinski definition) is 3. The van der Waals surface area contributed by atoms with E-state index in [4.69, 9.17) is 5.73 Å². The number of carbonyl (C=O) groups is 1. The Morgan fingerprint density at radius 1 is 1.39 bits per heavy atom. The zero-order valence-electron chi connectivity index (χ0n) is 10.0. The van der Waals surface area contributed by atoms with Crippen LogP contribution in [0.2, 0.25) is 0 Å². The quantitative estimate of drug-likeness (QED) is 0.783. The van der Waals surface area contributed by atoms with Crippen molar-refractivity contribution in [2.75, 3.05) is 0 Å². The number of carbonyl (C=O) groups excluding carboxylic acids is 1. The number of phenolic OH excluding ortho intramolecular Hbond substituents is 1. The Bertz CT molecular complexity index is 451. The van der Waals surface area contributed by atoms with Gasteiger partial charge in [-0.25, -0.2) is 0 Å². The maximum absolute atomic E-state index is 12.0. The van der Waals surface area contributed by atoms with Crippen LogP contribution in [-0.4, -0.2) is 23.1 Å². The molecule has 4 N–H and O–H groups in total. The number of hydrogen-bond acceptors (Lipinski definition) is 3. The van der Waals surface area contributed by atoms with E-state index < -0.39 is 0 Å². The predicted octanol–water partition coefficient (Wildman–Crippen LogP) is 2.15. The highest BCUT2D eigenvalue weighted by Gasteiger charge is 2.24. The summed E-state index contributed by atoms with van der Waals surface area (Å²) in [6.07, 6.45) is 4.06. The highest BCUT2D eigenvalue weighted by Crippen LogP contribution is 2.23. The maximum Gasteiger partial charge on any atom is 0.255 e. The van der Waals surface area contributed by atoms with Crippen molar-refractivity contribution >= 4 is 21.8 Å². The van der Waals surface area contributed by atoms with Gasteiger partial charge in [-0.1, -0.05) is 28.8 Å². The summed E-state index contributed by atoms with van der Waals surface area (Å²) in [5.74, 6) is -0.284. The smallest absolute Gasteiger partial charge is 0.255 e. The number of nitrogens with two attached hydrogens (primary N) is 1. The molecule has 0 radical (unpaired) electrons. The molecule has 1 fully saturated rings. The Balaban J connectivity index is 2.07. The first-order valence-electron chi connectivity index (χ1n) is 6.13. The monoisotopic (exact) mass is 312 g/mol. The number of nitrogens with one attached hydrogen (secondary N) is 1. The van der Waals surface area contributed by atoms with Crippen LogP contribution in [0.4, 0.5) is 0 Å². The van der Waals surface area contributed by atoms with E-state index in [-0.39, 0.29) is 29.3 Å². The van der Waals surface area contributed by atoms with E-state index >= 15 is 0 Å². The van der Waals surface area contributed by atoms with Gasteiger partial charge in [-0.05, 0) is 31.0 Å². The third-order valence-electron chi connectivity index (χ3n) is 3.34. The molecule has 1 aromatic rings. The first kappa shape index (κ1) is 13.4. The lowest BCUT2D eigenvalue weighted by Gasteiger charge is -2.29. The van der Waals surface area contributed by atoms with Crippen molar-refractivity contribution in [1.29, 1.82) is 0 Å². The molecule has 1 amide bonds. The molecular weight excluding hydrogens is 296 g/mol. The van der Waals surface area contributed by atoms with Crippen LogP contribution in [0.15, 0.2) is 22.7 Å². The topological polar surface area (TPSA) is 75.3 Å². The molecule has 98 valence electrons. The maximum atomic E-state index is 12.0. The average Bonchev–Trinajstić information content (AvgIpc) is 2.32. The van der Waals surface area contributed by atoms with Gasteiger partial charge in [-0.3, -0.25) is 4.79 Å². The van der Waals surface area contributed by atoms with Gasteiger partial charge in [0.25, 0.3) is 5.91 Å². The van der Waals surface area contributed by atoms with Crippen LogP contribution in [0.5, 0.6) is 5.75 Å². The molecule has 5 heteroatoms. The lowest BCUT2D eigenvalue weighted by atomic mass is 9.91. The average molecular weight is 313 g/mol. The van der Waals surface area contributed by atoms with Crippen molar-refractivity contribution < 1.29 is 9.90 Å². The molecule has 0 heterocycles. The summed E-state index contributed by atoms with van der Waals surface area (Å²) in [5, 5.41) is 12.6. The van der Waals surface area contributed by atoms with Crippen LogP contribution >= 0.6 is 15.9 Å². The highest BCUT2D eigenvalue weighted by molar-refractivity contribution is 9.10. The Morgan fingerprint density at radius 3 is 2.78 bits per heavy atom. The standard InChI is InChI=1S/C13H17BrN2O2/c14-8-5-6-9(12(17)7-8)13(18)16-11-4-2-1-3-10(11)15/h5-7,10-11,17H,1-4,15H2,(H,16,18)/t10-,11-/m1/s1. The molecular formula is C13H17BrN2O2. The summed E-state index contributed by atoms with van der Waals surface area (Å²) in [4.78, 5) is 12.0. The molecule has 18 heavy (non-hydrogen) atoms. The van der Waals surface area contributed by atoms with E-state index in [2.05, 4.69) is 21.2 Å². The molecule has 0 bridgehead atoms. The Morgan fingerprint density at radius 2 is 2.11 bits per heavy atom. The predicted molar refractivity (Wildman–Crippen MR) is 73.5 cm³/mol. The first-order valence-corrected chi connectivity index (χ1v) is 6.92. The lowest BCUT2D eigenvalue weighted by molar-refractivity contribution is 0.0918. The molecule has 0 aliphatic heterocycles. The van der Waals surface area contributed by atoms with Gasteiger partial charge in [0.15, 0.2) is 0 Å². The number of benzene rings is 1. The van der Waals surface area contributed by atoms with Gasteiger partial charge < -0.3 is 16.2 Å². The number of rotatable bonds is 2. The molecule has 0 saturated heterocycles. The second kappa shape index (κ2) is 5.71. The minimum atomic E-state index is -0.262. The van der Waals surface area contributed by atoms with Gasteiger partial charge >= 0.3 is 0 Å². The van der Waals surface area contributed by atoms with E-state index in [1.165, 1.54) is 6.07 Å². The highest BCUT2D eigenvalue weighted by atomic mass is 79.9. The van der Waals surface area contributed by atoms with Crippen molar-refractivity contribution in [1.82, 2.24) is 5.32 Å². The Hall–Kier alpha value is -1.07. The van der Waals surface area contributed by atoms with Gasteiger partial charge in [-0.15, -0.1) is 0 Å². The van der Waals surface area contributed by atoms with Crippen molar-refractivity contribution in [2.24, 2.45) is 5.73 Å². The zero-order chi connectivity index (χ0) is 13.1. The number of aromatic hydroxyl groups is 1. The van der Waals surface area contributed by atoms with Crippen LogP contribution < -0.4 is 11.1 Å². The van der Waals surface area contributed by atoms with Crippen LogP contribution in [0.25, 0.3) is 0 Å². The van der Waals surface area contributed by atoms with Gasteiger partial charge in [0.2, 0.25) is 0 Å². The lowest BCUT2D eigenvalue weighted by Crippen LogP contribution is -2.49. The Labute approximate surface area is 115 Å². The van der Waals surface area contributed by atoms with Crippen LogP contribution in [0.3, 0.4) is 0 Å². The zero-order valence-corrected chi connectivity index (χ0v) is 11.6. The minimum absolute atomic E-state index is 0.00861. The summed E-state index contributed by atoms with van der Waals surface area (Å²) >= 11 is 3.24. The first-order chi connectivity index (χ1) is 8.58. The van der Waals surface area contributed by atoms with Crippen molar-refractivity contribution in [2.45, 2.75) is 37.8 Å². The van der Waals surface area contributed by atoms with Gasteiger partial charge in [0.1, 0.15) is 5.75 Å². The minimum Gasteiger partial charge on any atom is -0.507 e. The fourth-order valence-electron chi connectivity index (χ4n) is 2.28. The number of phenols is 1. The van der Waals surface area contributed by atoms with Gasteiger partial charge in [0.05, 0.1) is 5.56 Å². The molecule has 0 aromatic heterocycles. The molecule has 2 rings (SSSR count). The van der Waals surface area contributed by atoms with E-state index in [0.717, 1.165) is 30.2 Å². The molecule has 0 unspecified atom stereocenters. The van der Waals surface area contributed by atoms with E-state index in [0.29, 0.717) is 0 Å². The number of amides is 1. The van der Waals surface area contributed by atoms with Gasteiger partial charge in [0, 0.05) is 16.6 Å². The summed E-state index contributed by atoms with van der Waals surface area (Å²) < 4.78 is 0.742. The van der Waals surface area contributed by atoms with Crippen molar-refractivity contribution in [3.05, 3.63) is 28.2 Å². The second-order valence-electron chi connectivity index (χ2n) is 4.69. The fraction of sp³-hybridized carbons (Fsp3) is 0.462. The molecule has 4 nitrogen and oxygen atoms in total. The summed E-state index contributed by atoms with van der Waals surface area (Å²) in [6, 6.07) is 4.86. The van der Waals surface area contributed by atoms with E-state index in [1.54, 1.807) is 12.1 Å². The summed E-state index contributed by atoms with van der Waals surface area (Å²) in [7, 11) is 0. The normalized spacial score (nSPS) is 23.7. The molecule has 1 aromatic carbocycles. The Kier molecular flexibility index (Phi) is 4.24. The SMILES string of the molecule is N[C@@H]1CCCC[C@H]1NC(=O)c1ccc(Br)cc1O. The summed E-state index contributed by atoms with van der Waals surface area (Å²) in [5.41, 5.74) is 6.27. The third-order valence-corrected chi connectivity index (χ3v) is 3.83. The molecule has 1 saturated carbocycles. The van der Waals surface area contributed by atoms with Crippen LogP contribution in [-0.2, 0) is 0 Å². The molecule has 1 aliphatic rings. The van der Waals surface area contributed by atoms with Gasteiger partial charge in [-0.2, -0.15) is 0 Å². The largest absolute Gasteiger partial charge is 0.507 e. The molecule has 1 aliphatic carbocycles. The third kappa shape index (κ3) is 3.03. The van der Waals surface area contributed by atoms with Crippen molar-refractivity contribution in [3.8, 4) is 5.75 Å². The van der Waals surface area contributed by atoms with E-state index in [1.807, 2.05) is 0 Å². The van der Waals surface area contributed by atoms with Crippen molar-refractivity contribution in [3.63, 3.8) is 0 Å². The number of halogens is 1.